The largest absolute Gasteiger partial charge is 0.302 e. The molecule has 1 fully saturated rings. The van der Waals surface area contributed by atoms with Gasteiger partial charge in [-0.15, -0.1) is 11.3 Å². The van der Waals surface area contributed by atoms with Gasteiger partial charge in [0.05, 0.1) is 28.8 Å². The van der Waals surface area contributed by atoms with Gasteiger partial charge in [-0.1, -0.05) is 57.2 Å². The molecule has 8 heteroatoms. The smallest absolute Gasteiger partial charge is 0.230 e. The molecule has 3 aromatic rings. The Hall–Kier alpha value is -2.55. The predicted molar refractivity (Wildman–Crippen MR) is 144 cm³/mol. The third-order valence-electron chi connectivity index (χ3n) is 7.04. The van der Waals surface area contributed by atoms with Crippen LogP contribution >= 0.6 is 11.3 Å². The topological polar surface area (TPSA) is 79.4 Å². The number of carbonyl (C=O) groups excluding carboxylic acids is 1. The van der Waals surface area contributed by atoms with Crippen LogP contribution in [0.4, 0.5) is 5.13 Å². The van der Waals surface area contributed by atoms with E-state index < -0.39 is 9.84 Å². The summed E-state index contributed by atoms with van der Waals surface area (Å²) >= 11 is 1.56. The van der Waals surface area contributed by atoms with Crippen LogP contribution in [0.2, 0.25) is 0 Å². The van der Waals surface area contributed by atoms with Crippen molar-refractivity contribution < 1.29 is 13.2 Å². The summed E-state index contributed by atoms with van der Waals surface area (Å²) in [6, 6.07) is 15.8. The average molecular weight is 524 g/mol. The van der Waals surface area contributed by atoms with Crippen molar-refractivity contribution in [1.29, 1.82) is 0 Å². The van der Waals surface area contributed by atoms with Crippen molar-refractivity contribution in [3.05, 3.63) is 75.8 Å². The van der Waals surface area contributed by atoms with E-state index >= 15 is 0 Å². The number of anilines is 1. The van der Waals surface area contributed by atoms with Crippen LogP contribution in [-0.4, -0.2) is 30.0 Å². The summed E-state index contributed by atoms with van der Waals surface area (Å²) < 4.78 is 24.0. The van der Waals surface area contributed by atoms with Crippen molar-refractivity contribution in [2.75, 3.05) is 11.1 Å². The molecule has 0 bridgehead atoms. The van der Waals surface area contributed by atoms with Crippen LogP contribution in [0.25, 0.3) is 0 Å². The molecule has 2 aromatic carbocycles. The van der Waals surface area contributed by atoms with E-state index in [0.29, 0.717) is 11.0 Å². The Balaban J connectivity index is 1.24. The first kappa shape index (κ1) is 25.1. The van der Waals surface area contributed by atoms with Crippen LogP contribution < -0.4 is 5.32 Å². The van der Waals surface area contributed by atoms with E-state index in [0.717, 1.165) is 30.3 Å². The summed E-state index contributed by atoms with van der Waals surface area (Å²) in [5.74, 6) is 1.06. The maximum atomic E-state index is 12.7. The van der Waals surface area contributed by atoms with Crippen LogP contribution in [0.15, 0.2) is 53.4 Å². The van der Waals surface area contributed by atoms with Gasteiger partial charge in [-0.25, -0.2) is 13.4 Å². The lowest BCUT2D eigenvalue weighted by Crippen LogP contribution is -2.26. The normalized spacial score (nSPS) is 17.9. The van der Waals surface area contributed by atoms with Gasteiger partial charge in [-0.2, -0.15) is 0 Å². The zero-order chi connectivity index (χ0) is 25.4. The Bertz CT molecular complexity index is 1360. The van der Waals surface area contributed by atoms with E-state index in [1.165, 1.54) is 28.8 Å². The van der Waals surface area contributed by atoms with Crippen molar-refractivity contribution in [3.63, 3.8) is 0 Å². The minimum absolute atomic E-state index is 0.0587. The summed E-state index contributed by atoms with van der Waals surface area (Å²) in [5, 5.41) is 3.59. The molecule has 1 amide bonds. The van der Waals surface area contributed by atoms with Gasteiger partial charge in [0, 0.05) is 18.0 Å². The lowest BCUT2D eigenvalue weighted by atomic mass is 10.0. The van der Waals surface area contributed by atoms with Gasteiger partial charge in [0.2, 0.25) is 5.91 Å². The second-order valence-electron chi connectivity index (χ2n) is 10.2. The van der Waals surface area contributed by atoms with Gasteiger partial charge >= 0.3 is 0 Å². The lowest BCUT2D eigenvalue weighted by molar-refractivity contribution is -0.115. The van der Waals surface area contributed by atoms with E-state index in [1.807, 2.05) is 0 Å². The molecule has 2 heterocycles. The molecule has 1 aromatic heterocycles. The minimum atomic E-state index is -3.24. The Labute approximate surface area is 217 Å². The average Bonchev–Trinajstić information content (AvgIpc) is 3.55. The fourth-order valence-electron chi connectivity index (χ4n) is 5.04. The number of hydrogen-bond donors (Lipinski definition) is 1. The summed E-state index contributed by atoms with van der Waals surface area (Å²) in [4.78, 5) is 21.5. The van der Waals surface area contributed by atoms with Crippen molar-refractivity contribution in [2.45, 2.75) is 70.0 Å². The lowest BCUT2D eigenvalue weighted by Gasteiger charge is -2.27. The van der Waals surface area contributed by atoms with E-state index in [4.69, 9.17) is 4.98 Å². The van der Waals surface area contributed by atoms with Crippen molar-refractivity contribution in [3.8, 4) is 0 Å². The van der Waals surface area contributed by atoms with Gasteiger partial charge in [-0.3, -0.25) is 9.69 Å². The molecular weight excluding hydrogens is 490 g/mol. The first-order chi connectivity index (χ1) is 17.2. The van der Waals surface area contributed by atoms with Gasteiger partial charge in [-0.05, 0) is 53.5 Å². The Kier molecular flexibility index (Phi) is 7.03. The van der Waals surface area contributed by atoms with Gasteiger partial charge in [0.25, 0.3) is 0 Å². The Morgan fingerprint density at radius 3 is 2.56 bits per heavy atom. The molecule has 1 N–H and O–H groups in total. The van der Waals surface area contributed by atoms with Crippen molar-refractivity contribution >= 4 is 32.2 Å². The fourth-order valence-corrected chi connectivity index (χ4v) is 6.96. The van der Waals surface area contributed by atoms with Crippen LogP contribution in [0, 0.1) is 5.92 Å². The number of amides is 1. The zero-order valence-electron chi connectivity index (χ0n) is 21.0. The highest BCUT2D eigenvalue weighted by molar-refractivity contribution is 7.91. The predicted octanol–water partition coefficient (Wildman–Crippen LogP) is 5.71. The van der Waals surface area contributed by atoms with Crippen LogP contribution in [-0.2, 0) is 34.1 Å². The second-order valence-corrected chi connectivity index (χ2v) is 13.6. The molecule has 1 saturated carbocycles. The van der Waals surface area contributed by atoms with E-state index in [2.05, 4.69) is 48.3 Å². The van der Waals surface area contributed by atoms with Crippen LogP contribution in [0.5, 0.6) is 0 Å². The molecule has 6 nitrogen and oxygen atoms in total. The number of benzene rings is 2. The molecule has 0 saturated heterocycles. The molecule has 1 aliphatic heterocycles. The Morgan fingerprint density at radius 1 is 1.14 bits per heavy atom. The SMILES string of the molecule is CCS(=O)(=O)c1ccc(CC(=O)Nc2nc3c(s2)CN(Cc2cccc(C4CC4)c2)C3C(C)C)cc1. The van der Waals surface area contributed by atoms with Gasteiger partial charge < -0.3 is 5.32 Å². The quantitative estimate of drug-likeness (QED) is 0.389. The highest BCUT2D eigenvalue weighted by Gasteiger charge is 2.36. The third kappa shape index (κ3) is 5.41. The first-order valence-corrected chi connectivity index (χ1v) is 15.1. The van der Waals surface area contributed by atoms with E-state index in [1.54, 1.807) is 42.5 Å². The molecule has 1 unspecified atom stereocenters. The third-order valence-corrected chi connectivity index (χ3v) is 9.76. The van der Waals surface area contributed by atoms with E-state index in [-0.39, 0.29) is 29.0 Å². The van der Waals surface area contributed by atoms with Crippen molar-refractivity contribution in [1.82, 2.24) is 9.88 Å². The Morgan fingerprint density at radius 2 is 1.89 bits per heavy atom. The number of nitrogens with one attached hydrogen (secondary N) is 1. The number of aromatic nitrogens is 1. The molecule has 5 rings (SSSR count). The minimum Gasteiger partial charge on any atom is -0.302 e. The highest BCUT2D eigenvalue weighted by Crippen LogP contribution is 2.44. The van der Waals surface area contributed by atoms with Crippen LogP contribution in [0.1, 0.15) is 72.8 Å². The summed E-state index contributed by atoms with van der Waals surface area (Å²) in [7, 11) is -3.24. The molecule has 0 spiro atoms. The monoisotopic (exact) mass is 523 g/mol. The summed E-state index contributed by atoms with van der Waals surface area (Å²) in [6.07, 6.45) is 2.79. The maximum absolute atomic E-state index is 12.7. The van der Waals surface area contributed by atoms with Gasteiger partial charge in [0.1, 0.15) is 0 Å². The zero-order valence-corrected chi connectivity index (χ0v) is 22.7. The van der Waals surface area contributed by atoms with Crippen molar-refractivity contribution in [2.24, 2.45) is 5.92 Å². The molecule has 0 radical (unpaired) electrons. The van der Waals surface area contributed by atoms with Gasteiger partial charge in [0.15, 0.2) is 15.0 Å². The molecular formula is C28H33N3O3S2. The number of rotatable bonds is 9. The highest BCUT2D eigenvalue weighted by atomic mass is 32.2. The number of nitrogens with zero attached hydrogens (tertiary/aromatic N) is 2. The standard InChI is InChI=1S/C28H33N3O3S2/c1-4-36(33,34)23-12-8-19(9-13-23)15-25(32)29-28-30-26-24(35-28)17-31(27(26)18(2)3)16-20-6-5-7-22(14-20)21-10-11-21/h5-9,12-14,18,21,27H,4,10-11,15-17H2,1-3H3,(H,29,30,32). The fraction of sp³-hybridized carbons (Fsp3) is 0.429. The number of sulfone groups is 1. The first-order valence-electron chi connectivity index (χ1n) is 12.7. The maximum Gasteiger partial charge on any atom is 0.230 e. The number of hydrogen-bond acceptors (Lipinski definition) is 6. The molecule has 190 valence electrons. The number of fused-ring (bicyclic) bond motifs is 1. The molecule has 1 aliphatic carbocycles. The molecule has 1 atom stereocenters. The second kappa shape index (κ2) is 10.1. The molecule has 36 heavy (non-hydrogen) atoms. The van der Waals surface area contributed by atoms with E-state index in [9.17, 15) is 13.2 Å². The van der Waals surface area contributed by atoms with Crippen LogP contribution in [0.3, 0.4) is 0 Å². The summed E-state index contributed by atoms with van der Waals surface area (Å²) in [6.45, 7) is 7.82. The summed E-state index contributed by atoms with van der Waals surface area (Å²) in [5.41, 5.74) is 4.67. The number of carbonyl (C=O) groups is 1. The molecule has 2 aliphatic rings. The number of thiazole rings is 1.